The summed E-state index contributed by atoms with van der Waals surface area (Å²) in [5, 5.41) is 3.33. The Labute approximate surface area is 124 Å². The zero-order valence-electron chi connectivity index (χ0n) is 10.4. The molecule has 0 aromatic carbocycles. The lowest BCUT2D eigenvalue weighted by atomic mass is 10.3. The van der Waals surface area contributed by atoms with Crippen LogP contribution >= 0.6 is 24.8 Å². The Balaban J connectivity index is 0.000000902. The molecule has 2 aromatic rings. The van der Waals surface area contributed by atoms with E-state index in [1.165, 1.54) is 0 Å². The summed E-state index contributed by atoms with van der Waals surface area (Å²) in [5.41, 5.74) is 0.957. The lowest BCUT2D eigenvalue weighted by Crippen LogP contribution is -2.42. The minimum absolute atomic E-state index is 0. The van der Waals surface area contributed by atoms with Crippen molar-refractivity contribution in [3.05, 3.63) is 30.4 Å². The first-order valence-corrected chi connectivity index (χ1v) is 5.83. The van der Waals surface area contributed by atoms with Gasteiger partial charge in [0, 0.05) is 32.7 Å². The molecule has 0 bridgehead atoms. The van der Waals surface area contributed by atoms with Crippen molar-refractivity contribution < 1.29 is 8.83 Å². The van der Waals surface area contributed by atoms with E-state index in [2.05, 4.69) is 15.2 Å². The Hall–Kier alpha value is -1.01. The number of rotatable bonds is 3. The molecule has 1 N–H and O–H groups in total. The molecule has 0 amide bonds. The fraction of sp³-hybridized carbons (Fsp3) is 0.417. The molecule has 3 rings (SSSR count). The predicted molar refractivity (Wildman–Crippen MR) is 76.8 cm³/mol. The quantitative estimate of drug-likeness (QED) is 0.942. The van der Waals surface area contributed by atoms with Crippen LogP contribution in [0, 0.1) is 0 Å². The monoisotopic (exact) mass is 305 g/mol. The van der Waals surface area contributed by atoms with Crippen molar-refractivity contribution in [2.75, 3.05) is 26.2 Å². The summed E-state index contributed by atoms with van der Waals surface area (Å²) >= 11 is 0. The van der Waals surface area contributed by atoms with E-state index < -0.39 is 0 Å². The highest BCUT2D eigenvalue weighted by atomic mass is 35.5. The molecule has 106 valence electrons. The summed E-state index contributed by atoms with van der Waals surface area (Å²) in [6.07, 6.45) is 3.33. The Kier molecular flexibility index (Phi) is 6.37. The highest BCUT2D eigenvalue weighted by Crippen LogP contribution is 2.19. The number of aromatic nitrogens is 1. The summed E-state index contributed by atoms with van der Waals surface area (Å²) in [7, 11) is 0. The van der Waals surface area contributed by atoms with Gasteiger partial charge in [-0.15, -0.1) is 24.8 Å². The minimum atomic E-state index is 0. The first-order chi connectivity index (χ1) is 8.42. The first kappa shape index (κ1) is 16.0. The van der Waals surface area contributed by atoms with Gasteiger partial charge in [0.25, 0.3) is 5.89 Å². The smallest absolute Gasteiger partial charge is 0.263 e. The summed E-state index contributed by atoms with van der Waals surface area (Å²) < 4.78 is 10.6. The van der Waals surface area contributed by atoms with Crippen LogP contribution in [0.2, 0.25) is 0 Å². The number of piperazine rings is 1. The number of hydrogen-bond acceptors (Lipinski definition) is 5. The Bertz CT molecular complexity index is 467. The third-order valence-corrected chi connectivity index (χ3v) is 2.88. The van der Waals surface area contributed by atoms with E-state index in [4.69, 9.17) is 8.83 Å². The standard InChI is InChI=1S/C12H15N3O2.2ClH/c1-2-11(16-7-1)12-14-10(9-17-12)8-15-5-3-13-4-6-15;;/h1-2,7,9,13H,3-6,8H2;2*1H. The molecule has 2 aromatic heterocycles. The van der Waals surface area contributed by atoms with Gasteiger partial charge in [-0.3, -0.25) is 4.90 Å². The van der Waals surface area contributed by atoms with Gasteiger partial charge in [0.15, 0.2) is 5.76 Å². The Morgan fingerprint density at radius 1 is 1.21 bits per heavy atom. The largest absolute Gasteiger partial charge is 0.459 e. The number of oxazole rings is 1. The summed E-state index contributed by atoms with van der Waals surface area (Å²) in [4.78, 5) is 6.79. The van der Waals surface area contributed by atoms with Crippen LogP contribution < -0.4 is 5.32 Å². The molecule has 3 heterocycles. The van der Waals surface area contributed by atoms with Crippen LogP contribution in [0.3, 0.4) is 0 Å². The van der Waals surface area contributed by atoms with E-state index in [1.54, 1.807) is 12.5 Å². The number of furan rings is 1. The van der Waals surface area contributed by atoms with Crippen molar-refractivity contribution >= 4 is 24.8 Å². The molecule has 0 unspecified atom stereocenters. The fourth-order valence-electron chi connectivity index (χ4n) is 1.99. The summed E-state index contributed by atoms with van der Waals surface area (Å²) in [5.74, 6) is 1.23. The topological polar surface area (TPSA) is 54.4 Å². The van der Waals surface area contributed by atoms with Gasteiger partial charge in [-0.1, -0.05) is 0 Å². The van der Waals surface area contributed by atoms with Gasteiger partial charge in [0.2, 0.25) is 0 Å². The molecule has 0 atom stereocenters. The second-order valence-electron chi connectivity index (χ2n) is 4.15. The van der Waals surface area contributed by atoms with E-state index in [9.17, 15) is 0 Å². The number of halogens is 2. The van der Waals surface area contributed by atoms with Crippen molar-refractivity contribution in [3.8, 4) is 11.7 Å². The van der Waals surface area contributed by atoms with E-state index in [1.807, 2.05) is 12.1 Å². The Morgan fingerprint density at radius 3 is 2.68 bits per heavy atom. The molecule has 1 aliphatic heterocycles. The van der Waals surface area contributed by atoms with Crippen molar-refractivity contribution in [1.29, 1.82) is 0 Å². The number of nitrogens with one attached hydrogen (secondary N) is 1. The van der Waals surface area contributed by atoms with Crippen molar-refractivity contribution in [2.24, 2.45) is 0 Å². The molecule has 0 radical (unpaired) electrons. The average molecular weight is 306 g/mol. The summed E-state index contributed by atoms with van der Waals surface area (Å²) in [6, 6.07) is 3.68. The van der Waals surface area contributed by atoms with Crippen LogP contribution in [0.1, 0.15) is 5.69 Å². The third-order valence-electron chi connectivity index (χ3n) is 2.88. The third kappa shape index (κ3) is 3.98. The van der Waals surface area contributed by atoms with Gasteiger partial charge in [-0.05, 0) is 12.1 Å². The van der Waals surface area contributed by atoms with Crippen molar-refractivity contribution in [1.82, 2.24) is 15.2 Å². The van der Waals surface area contributed by atoms with Crippen LogP contribution in [0.25, 0.3) is 11.7 Å². The molecule has 5 nitrogen and oxygen atoms in total. The zero-order chi connectivity index (χ0) is 11.5. The van der Waals surface area contributed by atoms with E-state index >= 15 is 0 Å². The highest BCUT2D eigenvalue weighted by Gasteiger charge is 2.14. The van der Waals surface area contributed by atoms with Gasteiger partial charge >= 0.3 is 0 Å². The SMILES string of the molecule is Cl.Cl.c1coc(-c2nc(CN3CCNCC3)co2)c1. The molecule has 0 aliphatic carbocycles. The Morgan fingerprint density at radius 2 is 2.00 bits per heavy atom. The van der Waals surface area contributed by atoms with Crippen molar-refractivity contribution in [3.63, 3.8) is 0 Å². The maximum Gasteiger partial charge on any atom is 0.263 e. The van der Waals surface area contributed by atoms with Crippen LogP contribution in [0.5, 0.6) is 0 Å². The lowest BCUT2D eigenvalue weighted by Gasteiger charge is -2.25. The second-order valence-corrected chi connectivity index (χ2v) is 4.15. The van der Waals surface area contributed by atoms with E-state index in [0.29, 0.717) is 11.7 Å². The molecule has 1 fully saturated rings. The molecule has 1 aliphatic rings. The predicted octanol–water partition coefficient (Wildman–Crippen LogP) is 2.18. The second kappa shape index (κ2) is 7.55. The van der Waals surface area contributed by atoms with Gasteiger partial charge in [0.1, 0.15) is 6.26 Å². The average Bonchev–Trinajstić information content (AvgIpc) is 3.00. The van der Waals surface area contributed by atoms with Gasteiger partial charge in [0.05, 0.1) is 12.0 Å². The molecule has 19 heavy (non-hydrogen) atoms. The maximum atomic E-state index is 5.40. The normalized spacial score (nSPS) is 15.6. The maximum absolute atomic E-state index is 5.40. The molecule has 7 heteroatoms. The minimum Gasteiger partial charge on any atom is -0.459 e. The van der Waals surface area contributed by atoms with E-state index in [-0.39, 0.29) is 24.8 Å². The van der Waals surface area contributed by atoms with Crippen LogP contribution in [-0.2, 0) is 6.54 Å². The molecule has 1 saturated heterocycles. The number of nitrogens with zero attached hydrogens (tertiary/aromatic N) is 2. The lowest BCUT2D eigenvalue weighted by molar-refractivity contribution is 0.230. The van der Waals surface area contributed by atoms with Crippen molar-refractivity contribution in [2.45, 2.75) is 6.54 Å². The fourth-order valence-corrected chi connectivity index (χ4v) is 1.99. The first-order valence-electron chi connectivity index (χ1n) is 5.83. The van der Waals surface area contributed by atoms with Crippen LogP contribution in [-0.4, -0.2) is 36.1 Å². The van der Waals surface area contributed by atoms with Crippen LogP contribution in [0.15, 0.2) is 33.5 Å². The zero-order valence-corrected chi connectivity index (χ0v) is 12.0. The van der Waals surface area contributed by atoms with Gasteiger partial charge in [-0.25, -0.2) is 4.98 Å². The van der Waals surface area contributed by atoms with Gasteiger partial charge < -0.3 is 14.2 Å². The molecular weight excluding hydrogens is 289 g/mol. The van der Waals surface area contributed by atoms with E-state index in [0.717, 1.165) is 38.4 Å². The molecule has 0 spiro atoms. The van der Waals surface area contributed by atoms with Crippen LogP contribution in [0.4, 0.5) is 0 Å². The highest BCUT2D eigenvalue weighted by molar-refractivity contribution is 5.85. The number of hydrogen-bond donors (Lipinski definition) is 1. The summed E-state index contributed by atoms with van der Waals surface area (Å²) in [6.45, 7) is 5.05. The molecule has 0 saturated carbocycles. The molecular formula is C12H17Cl2N3O2. The van der Waals surface area contributed by atoms with Gasteiger partial charge in [-0.2, -0.15) is 0 Å².